The first-order chi connectivity index (χ1) is 10.5. The molecule has 0 unspecified atom stereocenters. The van der Waals surface area contributed by atoms with Crippen LogP contribution in [0.25, 0.3) is 0 Å². The zero-order valence-corrected chi connectivity index (χ0v) is 13.1. The van der Waals surface area contributed by atoms with Crippen molar-refractivity contribution in [2.24, 2.45) is 0 Å². The van der Waals surface area contributed by atoms with E-state index in [0.717, 1.165) is 16.8 Å². The average molecular weight is 317 g/mol. The first kappa shape index (κ1) is 16.0. The second-order valence-corrected chi connectivity index (χ2v) is 5.40. The fourth-order valence-corrected chi connectivity index (χ4v) is 2.54. The van der Waals surface area contributed by atoms with Gasteiger partial charge >= 0.3 is 0 Å². The molecular weight excluding hydrogens is 300 g/mol. The Bertz CT molecular complexity index is 681. The monoisotopic (exact) mass is 316 g/mol. The standard InChI is InChI=1S/C17H17ClN2O2/c1-11-6-5-7-12(2)15(11)20-17(22)16(19-10-21)13-8-3-4-9-14(13)18/h3-10,16H,1-2H3,(H,19,21)(H,20,22)/t16-/m0/s1. The SMILES string of the molecule is Cc1cccc(C)c1NC(=O)[C@@H](NC=O)c1ccccc1Cl. The number of hydrogen-bond acceptors (Lipinski definition) is 2. The lowest BCUT2D eigenvalue weighted by atomic mass is 10.0. The minimum atomic E-state index is -0.842. The molecule has 0 saturated carbocycles. The quantitative estimate of drug-likeness (QED) is 0.831. The van der Waals surface area contributed by atoms with Gasteiger partial charge < -0.3 is 10.6 Å². The molecule has 2 rings (SSSR count). The first-order valence-electron chi connectivity index (χ1n) is 6.85. The van der Waals surface area contributed by atoms with E-state index in [4.69, 9.17) is 11.6 Å². The number of carbonyl (C=O) groups is 2. The van der Waals surface area contributed by atoms with E-state index < -0.39 is 6.04 Å². The molecular formula is C17H17ClN2O2. The number of rotatable bonds is 5. The minimum absolute atomic E-state index is 0.336. The molecule has 5 heteroatoms. The molecule has 2 aromatic carbocycles. The number of amides is 2. The predicted octanol–water partition coefficient (Wildman–Crippen LogP) is 3.38. The summed E-state index contributed by atoms with van der Waals surface area (Å²) in [5, 5.41) is 5.82. The fourth-order valence-electron chi connectivity index (χ4n) is 2.29. The van der Waals surface area contributed by atoms with Crippen molar-refractivity contribution in [3.63, 3.8) is 0 Å². The Hall–Kier alpha value is -2.33. The van der Waals surface area contributed by atoms with E-state index in [1.807, 2.05) is 32.0 Å². The molecule has 0 bridgehead atoms. The Morgan fingerprint density at radius 1 is 1.09 bits per heavy atom. The van der Waals surface area contributed by atoms with Crippen LogP contribution in [0.5, 0.6) is 0 Å². The highest BCUT2D eigenvalue weighted by atomic mass is 35.5. The summed E-state index contributed by atoms with van der Waals surface area (Å²) in [6.07, 6.45) is 0.498. The normalized spacial score (nSPS) is 11.6. The van der Waals surface area contributed by atoms with E-state index in [0.29, 0.717) is 17.0 Å². The summed E-state index contributed by atoms with van der Waals surface area (Å²) in [7, 11) is 0. The number of nitrogens with one attached hydrogen (secondary N) is 2. The molecule has 0 aliphatic carbocycles. The zero-order chi connectivity index (χ0) is 16.1. The van der Waals surface area contributed by atoms with Gasteiger partial charge in [0.05, 0.1) is 0 Å². The second kappa shape index (κ2) is 7.09. The fraction of sp³-hybridized carbons (Fsp3) is 0.176. The maximum absolute atomic E-state index is 12.6. The van der Waals surface area contributed by atoms with Gasteiger partial charge in [-0.3, -0.25) is 9.59 Å². The third kappa shape index (κ3) is 3.46. The Balaban J connectivity index is 2.32. The van der Waals surface area contributed by atoms with Crippen LogP contribution in [0.3, 0.4) is 0 Å². The summed E-state index contributed by atoms with van der Waals surface area (Å²) in [5.41, 5.74) is 3.21. The number of para-hydroxylation sites is 1. The Morgan fingerprint density at radius 2 is 1.73 bits per heavy atom. The van der Waals surface area contributed by atoms with E-state index in [1.54, 1.807) is 24.3 Å². The molecule has 0 spiro atoms. The minimum Gasteiger partial charge on any atom is -0.343 e. The van der Waals surface area contributed by atoms with Crippen molar-refractivity contribution < 1.29 is 9.59 Å². The third-order valence-corrected chi connectivity index (χ3v) is 3.79. The molecule has 4 nitrogen and oxygen atoms in total. The molecule has 0 aromatic heterocycles. The molecule has 0 aliphatic heterocycles. The lowest BCUT2D eigenvalue weighted by molar-refractivity contribution is -0.121. The van der Waals surface area contributed by atoms with Crippen LogP contribution < -0.4 is 10.6 Å². The van der Waals surface area contributed by atoms with Crippen LogP contribution in [-0.2, 0) is 9.59 Å². The van der Waals surface area contributed by atoms with Gasteiger partial charge in [0, 0.05) is 16.3 Å². The highest BCUT2D eigenvalue weighted by Gasteiger charge is 2.23. The summed E-state index contributed by atoms with van der Waals surface area (Å²) in [5.74, 6) is -0.336. The first-order valence-corrected chi connectivity index (χ1v) is 7.23. The number of anilines is 1. The van der Waals surface area contributed by atoms with E-state index >= 15 is 0 Å². The van der Waals surface area contributed by atoms with Crippen LogP contribution in [0.2, 0.25) is 5.02 Å². The smallest absolute Gasteiger partial charge is 0.251 e. The third-order valence-electron chi connectivity index (χ3n) is 3.44. The maximum Gasteiger partial charge on any atom is 0.251 e. The van der Waals surface area contributed by atoms with Gasteiger partial charge in [-0.15, -0.1) is 0 Å². The van der Waals surface area contributed by atoms with Gasteiger partial charge in [-0.05, 0) is 31.0 Å². The molecule has 0 heterocycles. The van der Waals surface area contributed by atoms with E-state index in [2.05, 4.69) is 10.6 Å². The van der Waals surface area contributed by atoms with Crippen molar-refractivity contribution in [2.45, 2.75) is 19.9 Å². The van der Waals surface area contributed by atoms with Crippen molar-refractivity contribution in [1.29, 1.82) is 0 Å². The van der Waals surface area contributed by atoms with Gasteiger partial charge in [-0.25, -0.2) is 0 Å². The van der Waals surface area contributed by atoms with Crippen LogP contribution in [0.4, 0.5) is 5.69 Å². The van der Waals surface area contributed by atoms with Crippen molar-refractivity contribution in [3.8, 4) is 0 Å². The van der Waals surface area contributed by atoms with Crippen molar-refractivity contribution in [1.82, 2.24) is 5.32 Å². The van der Waals surface area contributed by atoms with Gasteiger partial charge in [0.2, 0.25) is 6.41 Å². The molecule has 2 aromatic rings. The van der Waals surface area contributed by atoms with Gasteiger partial charge in [0.25, 0.3) is 5.91 Å². The Morgan fingerprint density at radius 3 is 2.32 bits per heavy atom. The van der Waals surface area contributed by atoms with Crippen LogP contribution in [0.15, 0.2) is 42.5 Å². The van der Waals surface area contributed by atoms with E-state index in [1.165, 1.54) is 0 Å². The number of halogens is 1. The molecule has 0 radical (unpaired) electrons. The van der Waals surface area contributed by atoms with Gasteiger partial charge in [0.15, 0.2) is 0 Å². The van der Waals surface area contributed by atoms with E-state index in [9.17, 15) is 9.59 Å². The van der Waals surface area contributed by atoms with Crippen molar-refractivity contribution >= 4 is 29.6 Å². The average Bonchev–Trinajstić information content (AvgIpc) is 2.49. The Kier molecular flexibility index (Phi) is 5.17. The highest BCUT2D eigenvalue weighted by molar-refractivity contribution is 6.31. The lowest BCUT2D eigenvalue weighted by Crippen LogP contribution is -2.32. The lowest BCUT2D eigenvalue weighted by Gasteiger charge is -2.19. The number of carbonyl (C=O) groups excluding carboxylic acids is 2. The van der Waals surface area contributed by atoms with Crippen LogP contribution in [0, 0.1) is 13.8 Å². The molecule has 114 valence electrons. The summed E-state index contributed by atoms with van der Waals surface area (Å²) in [6, 6.07) is 11.9. The van der Waals surface area contributed by atoms with Gasteiger partial charge in [-0.2, -0.15) is 0 Å². The molecule has 1 atom stereocenters. The van der Waals surface area contributed by atoms with Gasteiger partial charge in [-0.1, -0.05) is 48.0 Å². The molecule has 0 aliphatic rings. The van der Waals surface area contributed by atoms with Crippen molar-refractivity contribution in [3.05, 3.63) is 64.2 Å². The van der Waals surface area contributed by atoms with Gasteiger partial charge in [0.1, 0.15) is 6.04 Å². The zero-order valence-electron chi connectivity index (χ0n) is 12.4. The highest BCUT2D eigenvalue weighted by Crippen LogP contribution is 2.25. The predicted molar refractivity (Wildman–Crippen MR) is 87.9 cm³/mol. The number of benzene rings is 2. The summed E-state index contributed by atoms with van der Waals surface area (Å²) >= 11 is 6.13. The van der Waals surface area contributed by atoms with Crippen LogP contribution in [0.1, 0.15) is 22.7 Å². The topological polar surface area (TPSA) is 58.2 Å². The summed E-state index contributed by atoms with van der Waals surface area (Å²) < 4.78 is 0. The number of aryl methyl sites for hydroxylation is 2. The largest absolute Gasteiger partial charge is 0.343 e. The molecule has 0 fully saturated rings. The van der Waals surface area contributed by atoms with Crippen molar-refractivity contribution in [2.75, 3.05) is 5.32 Å². The van der Waals surface area contributed by atoms with Crippen LogP contribution >= 0.6 is 11.6 Å². The number of hydrogen-bond donors (Lipinski definition) is 2. The molecule has 2 amide bonds. The van der Waals surface area contributed by atoms with E-state index in [-0.39, 0.29) is 5.91 Å². The summed E-state index contributed by atoms with van der Waals surface area (Å²) in [6.45, 7) is 3.83. The Labute approximate surface area is 134 Å². The molecule has 2 N–H and O–H groups in total. The van der Waals surface area contributed by atoms with Crippen LogP contribution in [-0.4, -0.2) is 12.3 Å². The molecule has 22 heavy (non-hydrogen) atoms. The maximum atomic E-state index is 12.6. The second-order valence-electron chi connectivity index (χ2n) is 5.00. The molecule has 0 saturated heterocycles. The summed E-state index contributed by atoms with van der Waals surface area (Å²) in [4.78, 5) is 23.4.